The Labute approximate surface area is 156 Å². The van der Waals surface area contributed by atoms with E-state index in [1.807, 2.05) is 4.90 Å². The van der Waals surface area contributed by atoms with Gasteiger partial charge in [0.25, 0.3) is 0 Å². The maximum absolute atomic E-state index is 12.7. The number of amides is 1. The average Bonchev–Trinajstić information content (AvgIpc) is 3.07. The lowest BCUT2D eigenvalue weighted by molar-refractivity contribution is -0.139. The highest BCUT2D eigenvalue weighted by molar-refractivity contribution is 5.77. The fraction of sp³-hybridized carbons (Fsp3) is 0.500. The Bertz CT molecular complexity index is 716. The average molecular weight is 354 g/mol. The van der Waals surface area contributed by atoms with Crippen LogP contribution in [0, 0.1) is 6.92 Å². The van der Waals surface area contributed by atoms with Gasteiger partial charge in [-0.05, 0) is 37.5 Å². The molecule has 0 saturated heterocycles. The lowest BCUT2D eigenvalue weighted by Crippen LogP contribution is -2.43. The van der Waals surface area contributed by atoms with E-state index < -0.39 is 0 Å². The van der Waals surface area contributed by atoms with E-state index in [2.05, 4.69) is 54.1 Å². The van der Waals surface area contributed by atoms with E-state index in [4.69, 9.17) is 4.74 Å². The molecule has 1 aliphatic carbocycles. The first-order chi connectivity index (χ1) is 12.7. The second kappa shape index (κ2) is 9.04. The van der Waals surface area contributed by atoms with E-state index in [1.54, 1.807) is 7.11 Å². The number of ether oxygens (including phenoxy) is 1. The van der Waals surface area contributed by atoms with Crippen LogP contribution in [0.25, 0.3) is 0 Å². The van der Waals surface area contributed by atoms with Crippen LogP contribution >= 0.6 is 0 Å². The van der Waals surface area contributed by atoms with Crippen molar-refractivity contribution in [2.24, 2.45) is 0 Å². The zero-order chi connectivity index (χ0) is 18.4. The number of rotatable bonds is 7. The second-order valence-corrected chi connectivity index (χ2v) is 7.36. The first-order valence-electron chi connectivity index (χ1n) is 9.65. The van der Waals surface area contributed by atoms with Crippen LogP contribution in [0.5, 0.6) is 0 Å². The summed E-state index contributed by atoms with van der Waals surface area (Å²) in [4.78, 5) is 14.7. The van der Waals surface area contributed by atoms with Crippen molar-refractivity contribution in [3.05, 3.63) is 59.4 Å². The van der Waals surface area contributed by atoms with Crippen LogP contribution in [0.3, 0.4) is 0 Å². The predicted molar refractivity (Wildman–Crippen MR) is 104 cm³/mol. The van der Waals surface area contributed by atoms with Crippen molar-refractivity contribution in [2.45, 2.75) is 58.2 Å². The van der Waals surface area contributed by atoms with Crippen LogP contribution in [0.1, 0.15) is 48.9 Å². The fourth-order valence-electron chi connectivity index (χ4n) is 3.95. The predicted octanol–water partition coefficient (Wildman–Crippen LogP) is 4.15. The third-order valence-electron chi connectivity index (χ3n) is 5.29. The summed E-state index contributed by atoms with van der Waals surface area (Å²) in [5, 5.41) is 0. The monoisotopic (exact) mass is 354 g/mol. The molecule has 26 heavy (non-hydrogen) atoms. The third-order valence-corrected chi connectivity index (χ3v) is 5.29. The molecule has 1 aliphatic rings. The van der Waals surface area contributed by atoms with E-state index in [-0.39, 0.29) is 12.5 Å². The Morgan fingerprint density at radius 2 is 2.00 bits per heavy atom. The molecule has 0 aliphatic heterocycles. The number of benzene rings is 1. The number of hydrogen-bond donors (Lipinski definition) is 0. The van der Waals surface area contributed by atoms with E-state index in [9.17, 15) is 4.79 Å². The van der Waals surface area contributed by atoms with E-state index in [1.165, 1.54) is 36.1 Å². The lowest BCUT2D eigenvalue weighted by atomic mass is 9.94. The molecule has 1 amide bonds. The molecular formula is C22H30N2O2. The molecule has 1 aromatic carbocycles. The Hall–Kier alpha value is -2.07. The van der Waals surface area contributed by atoms with Gasteiger partial charge in [-0.2, -0.15) is 0 Å². The largest absolute Gasteiger partial charge is 0.375 e. The van der Waals surface area contributed by atoms with Gasteiger partial charge in [-0.15, -0.1) is 0 Å². The molecule has 0 radical (unpaired) electrons. The van der Waals surface area contributed by atoms with Crippen molar-refractivity contribution in [3.63, 3.8) is 0 Å². The van der Waals surface area contributed by atoms with E-state index in [0.717, 1.165) is 19.4 Å². The molecule has 0 N–H and O–H groups in total. The molecule has 1 fully saturated rings. The Balaban J connectivity index is 1.76. The summed E-state index contributed by atoms with van der Waals surface area (Å²) in [6, 6.07) is 13.1. The van der Waals surface area contributed by atoms with Crippen LogP contribution < -0.4 is 0 Å². The maximum atomic E-state index is 12.7. The molecule has 0 unspecified atom stereocenters. The van der Waals surface area contributed by atoms with Crippen LogP contribution in [0.2, 0.25) is 0 Å². The molecule has 4 nitrogen and oxygen atoms in total. The quantitative estimate of drug-likeness (QED) is 0.748. The smallest absolute Gasteiger partial charge is 0.249 e. The van der Waals surface area contributed by atoms with E-state index >= 15 is 0 Å². The van der Waals surface area contributed by atoms with Crippen LogP contribution in [0.15, 0.2) is 42.6 Å². The van der Waals surface area contributed by atoms with Crippen molar-refractivity contribution in [1.29, 1.82) is 0 Å². The van der Waals surface area contributed by atoms with Crippen molar-refractivity contribution in [1.82, 2.24) is 9.47 Å². The van der Waals surface area contributed by atoms with Crippen molar-refractivity contribution in [2.75, 3.05) is 13.7 Å². The third kappa shape index (κ3) is 4.76. The number of aromatic nitrogens is 1. The standard InChI is InChI=1S/C22H30N2O2/c1-18-8-6-9-19(14-18)15-23-13-7-12-21(23)16-24(22(25)17-26-2)20-10-4-3-5-11-20/h6-9,12-14,20H,3-5,10-11,15-17H2,1-2H3. The Morgan fingerprint density at radius 3 is 2.73 bits per heavy atom. The summed E-state index contributed by atoms with van der Waals surface area (Å²) in [6.45, 7) is 3.77. The number of hydrogen-bond acceptors (Lipinski definition) is 2. The Morgan fingerprint density at radius 1 is 1.19 bits per heavy atom. The van der Waals surface area contributed by atoms with Gasteiger partial charge in [0.05, 0.1) is 6.54 Å². The second-order valence-electron chi connectivity index (χ2n) is 7.36. The summed E-state index contributed by atoms with van der Waals surface area (Å²) in [5.41, 5.74) is 3.74. The first-order valence-corrected chi connectivity index (χ1v) is 9.65. The zero-order valence-electron chi connectivity index (χ0n) is 16.0. The molecule has 3 rings (SSSR count). The van der Waals surface area contributed by atoms with Gasteiger partial charge in [-0.3, -0.25) is 4.79 Å². The number of aryl methyl sites for hydroxylation is 1. The topological polar surface area (TPSA) is 34.5 Å². The highest BCUT2D eigenvalue weighted by Gasteiger charge is 2.26. The van der Waals surface area contributed by atoms with Crippen molar-refractivity contribution >= 4 is 5.91 Å². The zero-order valence-corrected chi connectivity index (χ0v) is 16.0. The van der Waals surface area contributed by atoms with Gasteiger partial charge >= 0.3 is 0 Å². The van der Waals surface area contributed by atoms with Gasteiger partial charge in [0.15, 0.2) is 0 Å². The van der Waals surface area contributed by atoms with Crippen LogP contribution in [0.4, 0.5) is 0 Å². The summed E-state index contributed by atoms with van der Waals surface area (Å²) < 4.78 is 7.39. The fourth-order valence-corrected chi connectivity index (χ4v) is 3.95. The van der Waals surface area contributed by atoms with Crippen molar-refractivity contribution in [3.8, 4) is 0 Å². The molecule has 0 bridgehead atoms. The van der Waals surface area contributed by atoms with Crippen LogP contribution in [-0.4, -0.2) is 35.1 Å². The summed E-state index contributed by atoms with van der Waals surface area (Å²) in [7, 11) is 1.59. The maximum Gasteiger partial charge on any atom is 0.249 e. The molecule has 0 atom stereocenters. The van der Waals surface area contributed by atoms with E-state index in [0.29, 0.717) is 12.6 Å². The number of nitrogens with zero attached hydrogens (tertiary/aromatic N) is 2. The highest BCUT2D eigenvalue weighted by atomic mass is 16.5. The van der Waals surface area contributed by atoms with Gasteiger partial charge in [-0.1, -0.05) is 49.1 Å². The summed E-state index contributed by atoms with van der Waals surface area (Å²) in [6.07, 6.45) is 8.03. The SMILES string of the molecule is COCC(=O)N(Cc1cccn1Cc1cccc(C)c1)C1CCCCC1. The number of carbonyl (C=O) groups excluding carboxylic acids is 1. The highest BCUT2D eigenvalue weighted by Crippen LogP contribution is 2.24. The molecule has 4 heteroatoms. The van der Waals surface area contributed by atoms with Gasteiger partial charge in [0.1, 0.15) is 6.61 Å². The minimum Gasteiger partial charge on any atom is -0.375 e. The minimum atomic E-state index is 0.0997. The molecule has 1 aromatic heterocycles. The normalized spacial score (nSPS) is 15.2. The van der Waals surface area contributed by atoms with Gasteiger partial charge < -0.3 is 14.2 Å². The van der Waals surface area contributed by atoms with Gasteiger partial charge in [0, 0.05) is 31.6 Å². The van der Waals surface area contributed by atoms with Gasteiger partial charge in [-0.25, -0.2) is 0 Å². The first kappa shape index (κ1) is 18.7. The van der Waals surface area contributed by atoms with Gasteiger partial charge in [0.2, 0.25) is 5.91 Å². The summed E-state index contributed by atoms with van der Waals surface area (Å²) >= 11 is 0. The number of carbonyl (C=O) groups is 1. The molecule has 0 spiro atoms. The Kier molecular flexibility index (Phi) is 6.51. The molecule has 140 valence electrons. The number of methoxy groups -OCH3 is 1. The molecular weight excluding hydrogens is 324 g/mol. The molecule has 1 heterocycles. The van der Waals surface area contributed by atoms with Crippen molar-refractivity contribution < 1.29 is 9.53 Å². The minimum absolute atomic E-state index is 0.0997. The molecule has 1 saturated carbocycles. The lowest BCUT2D eigenvalue weighted by Gasteiger charge is -2.34. The molecule has 2 aromatic rings. The van der Waals surface area contributed by atoms with Crippen LogP contribution in [-0.2, 0) is 22.6 Å². The summed E-state index contributed by atoms with van der Waals surface area (Å²) in [5.74, 6) is 0.0997.